The minimum Gasteiger partial charge on any atom is -0.394 e. The molecule has 0 aliphatic carbocycles. The summed E-state index contributed by atoms with van der Waals surface area (Å²) in [5.74, 6) is 0.343. The predicted molar refractivity (Wildman–Crippen MR) is 74.8 cm³/mol. The van der Waals surface area contributed by atoms with Gasteiger partial charge >= 0.3 is 5.69 Å². The maximum absolute atomic E-state index is 12.6. The van der Waals surface area contributed by atoms with E-state index in [2.05, 4.69) is 4.98 Å². The second kappa shape index (κ2) is 4.92. The Morgan fingerprint density at radius 1 is 1.20 bits per heavy atom. The van der Waals surface area contributed by atoms with Crippen molar-refractivity contribution in [3.8, 4) is 5.69 Å². The molecule has 1 atom stereocenters. The Labute approximate surface area is 114 Å². The van der Waals surface area contributed by atoms with Gasteiger partial charge in [0.15, 0.2) is 0 Å². The molecular formula is C14H14N4O2. The number of aromatic nitrogens is 3. The van der Waals surface area contributed by atoms with Crippen LogP contribution in [0.1, 0.15) is 11.9 Å². The Balaban J connectivity index is 2.38. The summed E-state index contributed by atoms with van der Waals surface area (Å²) in [5, 5.41) is 9.29. The number of benzene rings is 1. The zero-order valence-corrected chi connectivity index (χ0v) is 10.7. The van der Waals surface area contributed by atoms with Crippen molar-refractivity contribution in [2.24, 2.45) is 5.73 Å². The lowest BCUT2D eigenvalue weighted by Gasteiger charge is -2.16. The van der Waals surface area contributed by atoms with Crippen LogP contribution in [0, 0.1) is 0 Å². The minimum absolute atomic E-state index is 0.259. The van der Waals surface area contributed by atoms with Gasteiger partial charge in [-0.05, 0) is 24.3 Å². The summed E-state index contributed by atoms with van der Waals surface area (Å²) in [5.41, 5.74) is 6.80. The Kier molecular flexibility index (Phi) is 3.09. The first-order valence-electron chi connectivity index (χ1n) is 6.24. The second-order valence-electron chi connectivity index (χ2n) is 4.45. The average Bonchev–Trinajstić information content (AvgIpc) is 2.96. The molecule has 3 N–H and O–H groups in total. The first-order valence-corrected chi connectivity index (χ1v) is 6.24. The molecule has 3 aromatic rings. The first kappa shape index (κ1) is 12.6. The van der Waals surface area contributed by atoms with Crippen LogP contribution in [0.5, 0.6) is 0 Å². The van der Waals surface area contributed by atoms with Crippen LogP contribution in [0.25, 0.3) is 11.3 Å². The van der Waals surface area contributed by atoms with Gasteiger partial charge in [-0.2, -0.15) is 0 Å². The predicted octanol–water partition coefficient (Wildman–Crippen LogP) is 0.477. The molecule has 0 fully saturated rings. The molecular weight excluding hydrogens is 256 g/mol. The van der Waals surface area contributed by atoms with Crippen LogP contribution in [0.2, 0.25) is 0 Å². The van der Waals surface area contributed by atoms with E-state index in [1.54, 1.807) is 30.5 Å². The lowest BCUT2D eigenvalue weighted by atomic mass is 10.2. The van der Waals surface area contributed by atoms with Crippen molar-refractivity contribution in [3.05, 3.63) is 65.0 Å². The summed E-state index contributed by atoms with van der Waals surface area (Å²) < 4.78 is 2.87. The zero-order valence-electron chi connectivity index (χ0n) is 10.7. The van der Waals surface area contributed by atoms with E-state index in [1.807, 2.05) is 18.2 Å². The molecule has 0 saturated heterocycles. The number of para-hydroxylation sites is 1. The molecule has 2 aromatic heterocycles. The number of fused-ring (bicyclic) bond motifs is 1. The van der Waals surface area contributed by atoms with Crippen molar-refractivity contribution in [3.63, 3.8) is 0 Å². The summed E-state index contributed by atoms with van der Waals surface area (Å²) in [6.45, 7) is -0.282. The standard InChI is InChI=1S/C14H14N4O2/c15-11(9-19)13-16-12-7-4-8-17(12)14(20)18(13)10-5-2-1-3-6-10/h1-8,11,19H,9,15H2/t11-/m0/s1. The van der Waals surface area contributed by atoms with Gasteiger partial charge in [-0.25, -0.2) is 14.3 Å². The highest BCUT2D eigenvalue weighted by Crippen LogP contribution is 2.13. The fourth-order valence-corrected chi connectivity index (χ4v) is 2.15. The second-order valence-corrected chi connectivity index (χ2v) is 4.45. The van der Waals surface area contributed by atoms with Gasteiger partial charge in [0.1, 0.15) is 11.5 Å². The third-order valence-corrected chi connectivity index (χ3v) is 3.13. The fourth-order valence-electron chi connectivity index (χ4n) is 2.15. The van der Waals surface area contributed by atoms with E-state index in [-0.39, 0.29) is 12.3 Å². The highest BCUT2D eigenvalue weighted by atomic mass is 16.3. The summed E-state index contributed by atoms with van der Waals surface area (Å²) in [6.07, 6.45) is 1.65. The van der Waals surface area contributed by atoms with Crippen LogP contribution < -0.4 is 11.4 Å². The van der Waals surface area contributed by atoms with Crippen LogP contribution in [0.3, 0.4) is 0 Å². The number of aliphatic hydroxyl groups excluding tert-OH is 1. The third-order valence-electron chi connectivity index (χ3n) is 3.13. The van der Waals surface area contributed by atoms with Crippen LogP contribution in [-0.4, -0.2) is 25.7 Å². The van der Waals surface area contributed by atoms with E-state index >= 15 is 0 Å². The molecule has 2 heterocycles. The first-order chi connectivity index (χ1) is 9.72. The zero-order chi connectivity index (χ0) is 14.1. The number of rotatable bonds is 3. The molecule has 0 amide bonds. The number of nitrogens with zero attached hydrogens (tertiary/aromatic N) is 3. The molecule has 0 aliphatic rings. The highest BCUT2D eigenvalue weighted by Gasteiger charge is 2.17. The van der Waals surface area contributed by atoms with E-state index in [0.29, 0.717) is 17.2 Å². The molecule has 20 heavy (non-hydrogen) atoms. The maximum Gasteiger partial charge on any atom is 0.339 e. The number of hydrogen-bond donors (Lipinski definition) is 2. The monoisotopic (exact) mass is 270 g/mol. The Bertz CT molecular complexity index is 792. The van der Waals surface area contributed by atoms with Crippen LogP contribution in [-0.2, 0) is 0 Å². The number of nitrogens with two attached hydrogens (primary N) is 1. The van der Waals surface area contributed by atoms with Gasteiger partial charge in [0.05, 0.1) is 18.3 Å². The highest BCUT2D eigenvalue weighted by molar-refractivity contribution is 5.41. The van der Waals surface area contributed by atoms with E-state index in [0.717, 1.165) is 0 Å². The smallest absolute Gasteiger partial charge is 0.339 e. The van der Waals surface area contributed by atoms with Crippen LogP contribution in [0.15, 0.2) is 53.5 Å². The van der Waals surface area contributed by atoms with Gasteiger partial charge < -0.3 is 10.8 Å². The Hall–Kier alpha value is -2.44. The van der Waals surface area contributed by atoms with E-state index in [4.69, 9.17) is 5.73 Å². The van der Waals surface area contributed by atoms with Gasteiger partial charge in [0.25, 0.3) is 0 Å². The van der Waals surface area contributed by atoms with Crippen molar-refractivity contribution in [2.45, 2.75) is 6.04 Å². The van der Waals surface area contributed by atoms with Crippen LogP contribution >= 0.6 is 0 Å². The summed E-state index contributed by atoms with van der Waals surface area (Å²) >= 11 is 0. The van der Waals surface area contributed by atoms with Crippen molar-refractivity contribution in [1.29, 1.82) is 0 Å². The summed E-state index contributed by atoms with van der Waals surface area (Å²) in [7, 11) is 0. The molecule has 0 radical (unpaired) electrons. The largest absolute Gasteiger partial charge is 0.394 e. The lowest BCUT2D eigenvalue weighted by molar-refractivity contribution is 0.261. The quantitative estimate of drug-likeness (QED) is 0.724. The number of hydrogen-bond acceptors (Lipinski definition) is 4. The van der Waals surface area contributed by atoms with Gasteiger partial charge in [0, 0.05) is 6.20 Å². The molecule has 0 bridgehead atoms. The molecule has 3 rings (SSSR count). The lowest BCUT2D eigenvalue weighted by Crippen LogP contribution is -2.33. The molecule has 0 spiro atoms. The molecule has 0 unspecified atom stereocenters. The topological polar surface area (TPSA) is 85.6 Å². The SMILES string of the molecule is N[C@@H](CO)c1nc2cccn2c(=O)n1-c1ccccc1. The normalized spacial score (nSPS) is 12.7. The van der Waals surface area contributed by atoms with Crippen molar-refractivity contribution >= 4 is 5.65 Å². The minimum atomic E-state index is -0.720. The molecule has 6 heteroatoms. The fraction of sp³-hybridized carbons (Fsp3) is 0.143. The van der Waals surface area contributed by atoms with Gasteiger partial charge in [-0.15, -0.1) is 0 Å². The van der Waals surface area contributed by atoms with E-state index in [9.17, 15) is 9.90 Å². The summed E-state index contributed by atoms with van der Waals surface area (Å²) in [6, 6.07) is 11.9. The molecule has 1 aromatic carbocycles. The average molecular weight is 270 g/mol. The molecule has 6 nitrogen and oxygen atoms in total. The van der Waals surface area contributed by atoms with E-state index in [1.165, 1.54) is 8.97 Å². The maximum atomic E-state index is 12.6. The van der Waals surface area contributed by atoms with Crippen molar-refractivity contribution in [2.75, 3.05) is 6.61 Å². The Morgan fingerprint density at radius 3 is 2.65 bits per heavy atom. The molecule has 0 saturated carbocycles. The number of aliphatic hydroxyl groups is 1. The van der Waals surface area contributed by atoms with Crippen molar-refractivity contribution in [1.82, 2.24) is 14.0 Å². The van der Waals surface area contributed by atoms with Crippen molar-refractivity contribution < 1.29 is 5.11 Å². The molecule has 102 valence electrons. The summed E-state index contributed by atoms with van der Waals surface area (Å²) in [4.78, 5) is 17.0. The third kappa shape index (κ3) is 1.91. The van der Waals surface area contributed by atoms with Crippen LogP contribution in [0.4, 0.5) is 0 Å². The van der Waals surface area contributed by atoms with Gasteiger partial charge in [0.2, 0.25) is 0 Å². The molecule has 0 aliphatic heterocycles. The van der Waals surface area contributed by atoms with E-state index < -0.39 is 6.04 Å². The Morgan fingerprint density at radius 2 is 1.95 bits per heavy atom. The van der Waals surface area contributed by atoms with Gasteiger partial charge in [-0.1, -0.05) is 18.2 Å². The van der Waals surface area contributed by atoms with Gasteiger partial charge in [-0.3, -0.25) is 4.40 Å².